The molecule has 1 fully saturated rings. The highest BCUT2D eigenvalue weighted by atomic mass is 28.4. The third-order valence-corrected chi connectivity index (χ3v) is 10.2. The van der Waals surface area contributed by atoms with Crippen LogP contribution in [0.2, 0.25) is 18.1 Å². The summed E-state index contributed by atoms with van der Waals surface area (Å²) in [5.74, 6) is 1.09. The molecule has 1 saturated carbocycles. The molecule has 0 spiro atoms. The first kappa shape index (κ1) is 18.2. The maximum Gasteiger partial charge on any atom is 0.192 e. The molecule has 1 unspecified atom stereocenters. The molecule has 4 heteroatoms. The van der Waals surface area contributed by atoms with Crippen LogP contribution < -0.4 is 0 Å². The molecule has 0 heterocycles. The summed E-state index contributed by atoms with van der Waals surface area (Å²) in [7, 11) is -1.73. The third kappa shape index (κ3) is 3.84. The van der Waals surface area contributed by atoms with E-state index in [9.17, 15) is 0 Å². The molecule has 0 N–H and O–H groups in total. The zero-order valence-electron chi connectivity index (χ0n) is 15.4. The summed E-state index contributed by atoms with van der Waals surface area (Å²) in [6.45, 7) is 16.3. The van der Waals surface area contributed by atoms with E-state index in [-0.39, 0.29) is 17.4 Å². The van der Waals surface area contributed by atoms with Crippen LogP contribution in [0.15, 0.2) is 12.2 Å². The largest absolute Gasteiger partial charge is 0.414 e. The van der Waals surface area contributed by atoms with E-state index in [0.717, 1.165) is 12.8 Å². The summed E-state index contributed by atoms with van der Waals surface area (Å²) >= 11 is 0. The van der Waals surface area contributed by atoms with E-state index in [1.165, 1.54) is 0 Å². The van der Waals surface area contributed by atoms with Crippen molar-refractivity contribution < 1.29 is 13.9 Å². The number of hydrogen-bond acceptors (Lipinski definition) is 3. The van der Waals surface area contributed by atoms with Gasteiger partial charge in [0.2, 0.25) is 0 Å². The highest BCUT2D eigenvalue weighted by Gasteiger charge is 2.49. The van der Waals surface area contributed by atoms with E-state index in [1.807, 2.05) is 13.8 Å². The number of allylic oxidation sites excluding steroid dienone is 1. The molecule has 128 valence electrons. The van der Waals surface area contributed by atoms with Crippen LogP contribution in [0.25, 0.3) is 0 Å². The van der Waals surface area contributed by atoms with E-state index in [0.29, 0.717) is 24.5 Å². The number of ether oxygens (including phenoxy) is 2. The van der Waals surface area contributed by atoms with Crippen molar-refractivity contribution >= 4 is 8.32 Å². The molecule has 5 atom stereocenters. The van der Waals surface area contributed by atoms with Crippen LogP contribution in [0.3, 0.4) is 0 Å². The molecule has 0 amide bonds. The first-order valence-electron chi connectivity index (χ1n) is 8.77. The van der Waals surface area contributed by atoms with Crippen LogP contribution in [-0.4, -0.2) is 33.4 Å². The minimum Gasteiger partial charge on any atom is -0.414 e. The van der Waals surface area contributed by atoms with Gasteiger partial charge in [-0.05, 0) is 50.7 Å². The van der Waals surface area contributed by atoms with Crippen LogP contribution in [0.1, 0.15) is 47.5 Å². The average Bonchev–Trinajstić information content (AvgIpc) is 2.93. The van der Waals surface area contributed by atoms with Crippen molar-refractivity contribution in [3.63, 3.8) is 0 Å². The Labute approximate surface area is 137 Å². The number of hydrogen-bond donors (Lipinski definition) is 0. The Morgan fingerprint density at radius 1 is 1.23 bits per heavy atom. The quantitative estimate of drug-likeness (QED) is 0.401. The zero-order valence-corrected chi connectivity index (χ0v) is 16.4. The Kier molecular flexibility index (Phi) is 5.58. The van der Waals surface area contributed by atoms with Crippen LogP contribution in [-0.2, 0) is 13.9 Å². The second kappa shape index (κ2) is 6.76. The molecule has 2 rings (SSSR count). The second-order valence-electron chi connectivity index (χ2n) is 8.25. The highest BCUT2D eigenvalue weighted by Crippen LogP contribution is 2.47. The normalized spacial score (nSPS) is 33.2. The molecule has 0 aromatic rings. The minimum absolute atomic E-state index is 0.128. The van der Waals surface area contributed by atoms with Gasteiger partial charge >= 0.3 is 0 Å². The molecular weight excluding hydrogens is 292 g/mol. The van der Waals surface area contributed by atoms with Crippen molar-refractivity contribution in [1.29, 1.82) is 0 Å². The fraction of sp³-hybridized carbons (Fsp3) is 0.889. The van der Waals surface area contributed by atoms with Gasteiger partial charge in [-0.3, -0.25) is 0 Å². The smallest absolute Gasteiger partial charge is 0.192 e. The Balaban J connectivity index is 2.03. The number of rotatable bonds is 6. The van der Waals surface area contributed by atoms with Crippen molar-refractivity contribution in [3.8, 4) is 0 Å². The summed E-state index contributed by atoms with van der Waals surface area (Å²) in [6.07, 6.45) is 7.22. The standard InChI is InChI=1S/C18H34O3Si/c1-8-19-13(2)20-16-12-17(15-11-9-10-14(15)16)21-22(6,7)18(3,4)5/h9-10,13-17H,8,11-12H2,1-7H3/t13?,14-,15+,16-,17+/m1/s1. The fourth-order valence-corrected chi connectivity index (χ4v) is 4.79. The molecular formula is C18H34O3Si. The minimum atomic E-state index is -1.73. The van der Waals surface area contributed by atoms with Crippen LogP contribution in [0.5, 0.6) is 0 Å². The van der Waals surface area contributed by atoms with Gasteiger partial charge < -0.3 is 13.9 Å². The Morgan fingerprint density at radius 2 is 1.91 bits per heavy atom. The van der Waals surface area contributed by atoms with Crippen molar-refractivity contribution in [2.75, 3.05) is 6.61 Å². The van der Waals surface area contributed by atoms with Crippen molar-refractivity contribution in [2.24, 2.45) is 11.8 Å². The molecule has 0 aromatic carbocycles. The van der Waals surface area contributed by atoms with Gasteiger partial charge in [0, 0.05) is 12.5 Å². The zero-order chi connectivity index (χ0) is 16.5. The molecule has 2 aliphatic rings. The summed E-state index contributed by atoms with van der Waals surface area (Å²) in [5, 5.41) is 0.256. The lowest BCUT2D eigenvalue weighted by molar-refractivity contribution is -0.162. The van der Waals surface area contributed by atoms with Crippen molar-refractivity contribution in [1.82, 2.24) is 0 Å². The summed E-state index contributed by atoms with van der Waals surface area (Å²) in [6, 6.07) is 0. The van der Waals surface area contributed by atoms with Crippen molar-refractivity contribution in [3.05, 3.63) is 12.2 Å². The molecule has 3 nitrogen and oxygen atoms in total. The van der Waals surface area contributed by atoms with Gasteiger partial charge in [0.15, 0.2) is 14.6 Å². The SMILES string of the molecule is CCOC(C)O[C@@H]1C[C@H](O[Si](C)(C)C(C)(C)C)[C@H]2CC=C[C@H]21. The molecule has 0 aliphatic heterocycles. The van der Waals surface area contributed by atoms with E-state index >= 15 is 0 Å². The lowest BCUT2D eigenvalue weighted by Gasteiger charge is -2.39. The molecule has 0 aromatic heterocycles. The van der Waals surface area contributed by atoms with Crippen LogP contribution in [0.4, 0.5) is 0 Å². The topological polar surface area (TPSA) is 27.7 Å². The van der Waals surface area contributed by atoms with E-state index in [4.69, 9.17) is 13.9 Å². The fourth-order valence-electron chi connectivity index (χ4n) is 3.41. The summed E-state index contributed by atoms with van der Waals surface area (Å²) in [5.41, 5.74) is 0. The maximum absolute atomic E-state index is 6.73. The van der Waals surface area contributed by atoms with Crippen LogP contribution >= 0.6 is 0 Å². The highest BCUT2D eigenvalue weighted by molar-refractivity contribution is 6.74. The molecule has 0 saturated heterocycles. The Bertz CT molecular complexity index is 400. The maximum atomic E-state index is 6.73. The van der Waals surface area contributed by atoms with Gasteiger partial charge in [-0.1, -0.05) is 32.9 Å². The Hall–Kier alpha value is -0.163. The van der Waals surface area contributed by atoms with Gasteiger partial charge in [-0.25, -0.2) is 0 Å². The number of fused-ring (bicyclic) bond motifs is 1. The first-order valence-corrected chi connectivity index (χ1v) is 11.7. The van der Waals surface area contributed by atoms with E-state index < -0.39 is 8.32 Å². The predicted octanol–water partition coefficient (Wildman–Crippen LogP) is 4.74. The monoisotopic (exact) mass is 326 g/mol. The van der Waals surface area contributed by atoms with Crippen LogP contribution in [0, 0.1) is 11.8 Å². The van der Waals surface area contributed by atoms with Gasteiger partial charge in [-0.15, -0.1) is 0 Å². The average molecular weight is 327 g/mol. The molecule has 0 bridgehead atoms. The van der Waals surface area contributed by atoms with E-state index in [2.05, 4.69) is 46.0 Å². The van der Waals surface area contributed by atoms with Crippen molar-refractivity contribution in [2.45, 2.75) is 84.1 Å². The second-order valence-corrected chi connectivity index (χ2v) is 13.0. The van der Waals surface area contributed by atoms with E-state index in [1.54, 1.807) is 0 Å². The molecule has 2 aliphatic carbocycles. The van der Waals surface area contributed by atoms with Gasteiger partial charge in [0.05, 0.1) is 12.2 Å². The summed E-state index contributed by atoms with van der Waals surface area (Å²) in [4.78, 5) is 0. The van der Waals surface area contributed by atoms with Gasteiger partial charge in [0.1, 0.15) is 0 Å². The Morgan fingerprint density at radius 3 is 2.50 bits per heavy atom. The lowest BCUT2D eigenvalue weighted by atomic mass is 9.97. The van der Waals surface area contributed by atoms with Gasteiger partial charge in [0.25, 0.3) is 0 Å². The third-order valence-electron chi connectivity index (χ3n) is 5.65. The first-order chi connectivity index (χ1) is 10.2. The molecule has 22 heavy (non-hydrogen) atoms. The summed E-state index contributed by atoms with van der Waals surface area (Å²) < 4.78 is 18.4. The lowest BCUT2D eigenvalue weighted by Crippen LogP contribution is -2.44. The molecule has 0 radical (unpaired) electrons. The predicted molar refractivity (Wildman–Crippen MR) is 93.4 cm³/mol. The van der Waals surface area contributed by atoms with Gasteiger partial charge in [-0.2, -0.15) is 0 Å².